The van der Waals surface area contributed by atoms with Gasteiger partial charge in [-0.15, -0.1) is 0 Å². The van der Waals surface area contributed by atoms with Gasteiger partial charge in [-0.1, -0.05) is 12.1 Å². The highest BCUT2D eigenvalue weighted by molar-refractivity contribution is 5.91. The van der Waals surface area contributed by atoms with Crippen LogP contribution < -0.4 is 10.1 Å². The largest absolute Gasteiger partial charge is 0.497 e. The van der Waals surface area contributed by atoms with Crippen LogP contribution in [0.2, 0.25) is 0 Å². The quantitative estimate of drug-likeness (QED) is 0.898. The smallest absolute Gasteiger partial charge is 0.405 e. The van der Waals surface area contributed by atoms with Crippen LogP contribution in [0.4, 0.5) is 13.2 Å². The summed E-state index contributed by atoms with van der Waals surface area (Å²) in [5.41, 5.74) is -0.630. The molecule has 25 heavy (non-hydrogen) atoms. The fourth-order valence-corrected chi connectivity index (χ4v) is 3.76. The first-order valence-electron chi connectivity index (χ1n) is 8.04. The number of ether oxygens (including phenoxy) is 1. The minimum absolute atomic E-state index is 0.0570. The number of rotatable bonds is 4. The number of hydrogen-bond donors (Lipinski definition) is 1. The second-order valence-electron chi connectivity index (χ2n) is 6.53. The summed E-state index contributed by atoms with van der Waals surface area (Å²) in [6, 6.07) is 6.63. The maximum absolute atomic E-state index is 12.8. The van der Waals surface area contributed by atoms with Gasteiger partial charge in [-0.2, -0.15) is 13.2 Å². The van der Waals surface area contributed by atoms with Crippen molar-refractivity contribution in [3.05, 3.63) is 29.8 Å². The molecule has 0 aliphatic carbocycles. The number of nitrogens with zero attached hydrogens (tertiary/aromatic N) is 1. The summed E-state index contributed by atoms with van der Waals surface area (Å²) >= 11 is 0. The molecule has 2 fully saturated rings. The van der Waals surface area contributed by atoms with Crippen LogP contribution in [0.3, 0.4) is 0 Å². The molecule has 2 atom stereocenters. The first-order chi connectivity index (χ1) is 11.7. The first-order valence-corrected chi connectivity index (χ1v) is 8.04. The van der Waals surface area contributed by atoms with Crippen LogP contribution in [0.15, 0.2) is 24.3 Å². The van der Waals surface area contributed by atoms with Gasteiger partial charge < -0.3 is 15.0 Å². The molecule has 2 saturated heterocycles. The van der Waals surface area contributed by atoms with Crippen molar-refractivity contribution >= 4 is 11.8 Å². The van der Waals surface area contributed by atoms with Crippen molar-refractivity contribution < 1.29 is 27.5 Å². The van der Waals surface area contributed by atoms with Crippen LogP contribution in [0, 0.1) is 0 Å². The minimum atomic E-state index is -4.49. The molecule has 2 aliphatic rings. The van der Waals surface area contributed by atoms with E-state index in [1.54, 1.807) is 29.2 Å². The number of hydrogen-bond acceptors (Lipinski definition) is 3. The van der Waals surface area contributed by atoms with Crippen LogP contribution >= 0.6 is 0 Å². The molecule has 2 aliphatic heterocycles. The van der Waals surface area contributed by atoms with E-state index >= 15 is 0 Å². The molecule has 2 heterocycles. The van der Waals surface area contributed by atoms with Gasteiger partial charge in [0.05, 0.1) is 12.5 Å². The van der Waals surface area contributed by atoms with Crippen molar-refractivity contribution in [1.82, 2.24) is 10.2 Å². The molecular weight excluding hydrogens is 337 g/mol. The second kappa shape index (κ2) is 6.24. The third-order valence-corrected chi connectivity index (χ3v) is 4.98. The average Bonchev–Trinajstić information content (AvgIpc) is 3.12. The zero-order valence-electron chi connectivity index (χ0n) is 13.7. The van der Waals surface area contributed by atoms with Crippen LogP contribution in [0.5, 0.6) is 5.75 Å². The monoisotopic (exact) mass is 356 g/mol. The summed E-state index contributed by atoms with van der Waals surface area (Å²) in [6.45, 7) is -1.30. The van der Waals surface area contributed by atoms with E-state index in [4.69, 9.17) is 4.74 Å². The highest BCUT2D eigenvalue weighted by Gasteiger charge is 2.54. The van der Waals surface area contributed by atoms with Gasteiger partial charge in [0, 0.05) is 19.0 Å². The van der Waals surface area contributed by atoms with Gasteiger partial charge in [0.1, 0.15) is 12.3 Å². The zero-order chi connectivity index (χ0) is 18.2. The van der Waals surface area contributed by atoms with Gasteiger partial charge in [0.15, 0.2) is 0 Å². The lowest BCUT2D eigenvalue weighted by Gasteiger charge is -2.29. The van der Waals surface area contributed by atoms with Crippen molar-refractivity contribution in [2.45, 2.75) is 36.9 Å². The molecule has 2 unspecified atom stereocenters. The fraction of sp³-hybridized carbons (Fsp3) is 0.529. The number of halogens is 3. The highest BCUT2D eigenvalue weighted by Crippen LogP contribution is 2.43. The molecule has 136 valence electrons. The minimum Gasteiger partial charge on any atom is -0.497 e. The Bertz CT molecular complexity index is 692. The molecule has 0 saturated carbocycles. The van der Waals surface area contributed by atoms with Crippen LogP contribution in [0.1, 0.15) is 24.8 Å². The molecular formula is C17H19F3N2O3. The lowest BCUT2D eigenvalue weighted by molar-refractivity contribution is -0.142. The third-order valence-electron chi connectivity index (χ3n) is 4.98. The standard InChI is InChI=1S/C17H19F3N2O3/c1-25-13-4-2-3-11(7-13)16(15(24)21-9-17(18,19)20)8-12-5-6-14(23)22(12)10-16/h2-4,7,12H,5-6,8-10H2,1H3,(H,21,24). The topological polar surface area (TPSA) is 58.6 Å². The lowest BCUT2D eigenvalue weighted by Crippen LogP contribution is -2.49. The summed E-state index contributed by atoms with van der Waals surface area (Å²) in [5.74, 6) is -0.252. The Labute approximate surface area is 143 Å². The van der Waals surface area contributed by atoms with Crippen molar-refractivity contribution in [3.8, 4) is 5.75 Å². The van der Waals surface area contributed by atoms with Crippen LogP contribution in [-0.2, 0) is 15.0 Å². The number of carbonyl (C=O) groups is 2. The van der Waals surface area contributed by atoms with Crippen molar-refractivity contribution in [1.29, 1.82) is 0 Å². The Hall–Kier alpha value is -2.25. The van der Waals surface area contributed by atoms with Gasteiger partial charge in [-0.05, 0) is 30.5 Å². The Balaban J connectivity index is 1.94. The second-order valence-corrected chi connectivity index (χ2v) is 6.53. The van der Waals surface area contributed by atoms with Gasteiger partial charge in [0.25, 0.3) is 0 Å². The molecule has 2 amide bonds. The number of alkyl halides is 3. The van der Waals surface area contributed by atoms with Crippen molar-refractivity contribution in [3.63, 3.8) is 0 Å². The van der Waals surface area contributed by atoms with Gasteiger partial charge in [0.2, 0.25) is 11.8 Å². The Morgan fingerprint density at radius 2 is 2.20 bits per heavy atom. The molecule has 0 aromatic heterocycles. The SMILES string of the molecule is COc1cccc(C2(C(=O)NCC(F)(F)F)CC3CCC(=O)N3C2)c1. The summed E-state index contributed by atoms with van der Waals surface area (Å²) in [7, 11) is 1.48. The highest BCUT2D eigenvalue weighted by atomic mass is 19.4. The molecule has 1 N–H and O–H groups in total. The number of methoxy groups -OCH3 is 1. The molecule has 1 aromatic carbocycles. The van der Waals surface area contributed by atoms with Crippen molar-refractivity contribution in [2.24, 2.45) is 0 Å². The first kappa shape index (κ1) is 17.6. The molecule has 0 radical (unpaired) electrons. The van der Waals surface area contributed by atoms with E-state index in [-0.39, 0.29) is 18.5 Å². The van der Waals surface area contributed by atoms with Gasteiger partial charge in [-0.25, -0.2) is 0 Å². The molecule has 3 rings (SSSR count). The molecule has 8 heteroatoms. The number of nitrogens with one attached hydrogen (secondary N) is 1. The van der Waals surface area contributed by atoms with Crippen molar-refractivity contribution in [2.75, 3.05) is 20.2 Å². The number of amides is 2. The number of carbonyl (C=O) groups excluding carboxylic acids is 2. The van der Waals surface area contributed by atoms with Crippen LogP contribution in [-0.4, -0.2) is 49.1 Å². The van der Waals surface area contributed by atoms with Gasteiger partial charge >= 0.3 is 6.18 Å². The Morgan fingerprint density at radius 3 is 2.84 bits per heavy atom. The molecule has 1 aromatic rings. The van der Waals surface area contributed by atoms with E-state index in [0.717, 1.165) is 0 Å². The van der Waals surface area contributed by atoms with E-state index in [0.29, 0.717) is 30.6 Å². The summed E-state index contributed by atoms with van der Waals surface area (Å²) in [4.78, 5) is 26.4. The molecule has 0 bridgehead atoms. The van der Waals surface area contributed by atoms with Gasteiger partial charge in [-0.3, -0.25) is 9.59 Å². The maximum atomic E-state index is 12.8. The number of fused-ring (bicyclic) bond motifs is 1. The van der Waals surface area contributed by atoms with E-state index in [9.17, 15) is 22.8 Å². The predicted octanol–water partition coefficient (Wildman–Crippen LogP) is 2.01. The van der Waals surface area contributed by atoms with E-state index in [1.807, 2.05) is 5.32 Å². The number of benzene rings is 1. The fourth-order valence-electron chi connectivity index (χ4n) is 3.76. The summed E-state index contributed by atoms with van der Waals surface area (Å²) < 4.78 is 42.8. The van der Waals surface area contributed by atoms with Crippen LogP contribution in [0.25, 0.3) is 0 Å². The third kappa shape index (κ3) is 3.29. The predicted molar refractivity (Wildman–Crippen MR) is 83.1 cm³/mol. The lowest BCUT2D eigenvalue weighted by atomic mass is 9.76. The maximum Gasteiger partial charge on any atom is 0.405 e. The zero-order valence-corrected chi connectivity index (χ0v) is 13.7. The Kier molecular flexibility index (Phi) is 4.38. The molecule has 0 spiro atoms. The Morgan fingerprint density at radius 1 is 1.44 bits per heavy atom. The average molecular weight is 356 g/mol. The molecule has 5 nitrogen and oxygen atoms in total. The normalized spacial score (nSPS) is 25.8. The summed E-state index contributed by atoms with van der Waals surface area (Å²) in [5, 5.41) is 2.00. The van der Waals surface area contributed by atoms with E-state index in [1.165, 1.54) is 7.11 Å². The van der Waals surface area contributed by atoms with E-state index < -0.39 is 24.0 Å². The summed E-state index contributed by atoms with van der Waals surface area (Å²) in [6.07, 6.45) is -3.13. The van der Waals surface area contributed by atoms with E-state index in [2.05, 4.69) is 0 Å².